The van der Waals surface area contributed by atoms with Crippen LogP contribution in [0.2, 0.25) is 0 Å². The smallest absolute Gasteiger partial charge is 0.407 e. The number of hydrogen-bond donors (Lipinski definition) is 2. The summed E-state index contributed by atoms with van der Waals surface area (Å²) in [6.07, 6.45) is -0.113. The first-order valence-corrected chi connectivity index (χ1v) is 7.54. The van der Waals surface area contributed by atoms with Crippen molar-refractivity contribution in [2.45, 2.75) is 18.4 Å². The van der Waals surface area contributed by atoms with Gasteiger partial charge in [0, 0.05) is 25.0 Å². The molecule has 0 aromatic heterocycles. The fourth-order valence-corrected chi connectivity index (χ4v) is 3.15. The van der Waals surface area contributed by atoms with Crippen molar-refractivity contribution >= 4 is 6.09 Å². The third-order valence-electron chi connectivity index (χ3n) is 4.35. The molecule has 1 fully saturated rings. The lowest BCUT2D eigenvalue weighted by atomic mass is 9.84. The minimum atomic E-state index is -0.882. The molecule has 0 aliphatic carbocycles. The molecule has 0 unspecified atom stereocenters. The van der Waals surface area contributed by atoms with Gasteiger partial charge >= 0.3 is 6.09 Å². The Kier molecular flexibility index (Phi) is 4.11. The molecule has 4 nitrogen and oxygen atoms in total. The predicted octanol–water partition coefficient (Wildman–Crippen LogP) is 3.15. The van der Waals surface area contributed by atoms with Crippen LogP contribution in [0.4, 0.5) is 4.79 Å². The Bertz CT molecular complexity index is 657. The van der Waals surface area contributed by atoms with Crippen LogP contribution in [-0.4, -0.2) is 35.2 Å². The van der Waals surface area contributed by atoms with Gasteiger partial charge in [0.25, 0.3) is 0 Å². The highest BCUT2D eigenvalue weighted by Crippen LogP contribution is 2.30. The molecule has 2 aromatic rings. The number of nitrogens with zero attached hydrogens (tertiary/aromatic N) is 1. The van der Waals surface area contributed by atoms with E-state index in [1.54, 1.807) is 0 Å². The molecule has 0 radical (unpaired) electrons. The van der Waals surface area contributed by atoms with Crippen LogP contribution in [0.1, 0.15) is 17.9 Å². The number of benzene rings is 2. The van der Waals surface area contributed by atoms with E-state index in [4.69, 9.17) is 10.8 Å². The standard InChI is InChI=1S/C18H20N2O2/c19-17-12-20(18(21)22)10-9-16(17)15-8-4-7-14(11-15)13-5-2-1-3-6-13/h1-8,11,16-17H,9-10,12,19H2,(H,21,22)/t16-,17+/m0/s1. The zero-order valence-corrected chi connectivity index (χ0v) is 12.4. The summed E-state index contributed by atoms with van der Waals surface area (Å²) >= 11 is 0. The minimum absolute atomic E-state index is 0.157. The molecule has 1 aliphatic heterocycles. The Morgan fingerprint density at radius 3 is 2.50 bits per heavy atom. The Hall–Kier alpha value is -2.33. The molecule has 2 atom stereocenters. The van der Waals surface area contributed by atoms with Gasteiger partial charge in [-0.3, -0.25) is 0 Å². The fourth-order valence-electron chi connectivity index (χ4n) is 3.15. The number of carbonyl (C=O) groups is 1. The summed E-state index contributed by atoms with van der Waals surface area (Å²) in [5.74, 6) is 0.208. The van der Waals surface area contributed by atoms with E-state index < -0.39 is 6.09 Å². The molecule has 22 heavy (non-hydrogen) atoms. The molecule has 3 rings (SSSR count). The highest BCUT2D eigenvalue weighted by molar-refractivity contribution is 5.66. The number of piperidine rings is 1. The van der Waals surface area contributed by atoms with Crippen molar-refractivity contribution in [1.29, 1.82) is 0 Å². The summed E-state index contributed by atoms with van der Waals surface area (Å²) in [5.41, 5.74) is 9.77. The van der Waals surface area contributed by atoms with Crippen LogP contribution in [0.15, 0.2) is 54.6 Å². The molecule has 2 aromatic carbocycles. The molecular weight excluding hydrogens is 276 g/mol. The van der Waals surface area contributed by atoms with Gasteiger partial charge in [-0.05, 0) is 23.1 Å². The summed E-state index contributed by atoms with van der Waals surface area (Å²) < 4.78 is 0. The van der Waals surface area contributed by atoms with E-state index in [0.29, 0.717) is 13.1 Å². The van der Waals surface area contributed by atoms with Crippen LogP contribution in [0.5, 0.6) is 0 Å². The maximum atomic E-state index is 11.1. The minimum Gasteiger partial charge on any atom is -0.465 e. The number of nitrogens with two attached hydrogens (primary N) is 1. The fraction of sp³-hybridized carbons (Fsp3) is 0.278. The molecule has 114 valence electrons. The van der Waals surface area contributed by atoms with Gasteiger partial charge in [-0.25, -0.2) is 4.79 Å². The first-order chi connectivity index (χ1) is 10.6. The van der Waals surface area contributed by atoms with Gasteiger partial charge in [0.2, 0.25) is 0 Å². The van der Waals surface area contributed by atoms with Crippen LogP contribution >= 0.6 is 0 Å². The monoisotopic (exact) mass is 296 g/mol. The second kappa shape index (κ2) is 6.20. The van der Waals surface area contributed by atoms with Crippen molar-refractivity contribution in [2.24, 2.45) is 5.73 Å². The lowest BCUT2D eigenvalue weighted by Crippen LogP contribution is -2.49. The van der Waals surface area contributed by atoms with Crippen LogP contribution < -0.4 is 5.73 Å². The molecule has 0 spiro atoms. The highest BCUT2D eigenvalue weighted by Gasteiger charge is 2.30. The molecular formula is C18H20N2O2. The normalized spacial score (nSPS) is 21.6. The summed E-state index contributed by atoms with van der Waals surface area (Å²) in [7, 11) is 0. The maximum absolute atomic E-state index is 11.1. The van der Waals surface area contributed by atoms with E-state index in [2.05, 4.69) is 30.3 Å². The van der Waals surface area contributed by atoms with Gasteiger partial charge in [0.15, 0.2) is 0 Å². The van der Waals surface area contributed by atoms with Crippen molar-refractivity contribution in [3.63, 3.8) is 0 Å². The summed E-state index contributed by atoms with van der Waals surface area (Å²) in [4.78, 5) is 12.5. The van der Waals surface area contributed by atoms with Crippen molar-refractivity contribution < 1.29 is 9.90 Å². The molecule has 0 bridgehead atoms. The van der Waals surface area contributed by atoms with E-state index in [0.717, 1.165) is 6.42 Å². The molecule has 1 heterocycles. The lowest BCUT2D eigenvalue weighted by molar-refractivity contribution is 0.126. The third kappa shape index (κ3) is 2.97. The molecule has 3 N–H and O–H groups in total. The highest BCUT2D eigenvalue weighted by atomic mass is 16.4. The number of likely N-dealkylation sites (tertiary alicyclic amines) is 1. The largest absolute Gasteiger partial charge is 0.465 e. The zero-order valence-electron chi connectivity index (χ0n) is 12.4. The first kappa shape index (κ1) is 14.6. The van der Waals surface area contributed by atoms with E-state index in [9.17, 15) is 4.79 Å². The number of amides is 1. The van der Waals surface area contributed by atoms with Gasteiger partial charge in [-0.2, -0.15) is 0 Å². The molecule has 1 amide bonds. The molecule has 4 heteroatoms. The molecule has 1 aliphatic rings. The second-order valence-electron chi connectivity index (χ2n) is 5.78. The quantitative estimate of drug-likeness (QED) is 0.894. The zero-order chi connectivity index (χ0) is 15.5. The Labute approximate surface area is 130 Å². The summed E-state index contributed by atoms with van der Waals surface area (Å²) in [5, 5.41) is 9.08. The predicted molar refractivity (Wildman–Crippen MR) is 86.8 cm³/mol. The first-order valence-electron chi connectivity index (χ1n) is 7.54. The number of carboxylic acid groups (broad SMARTS) is 1. The SMILES string of the molecule is N[C@@H]1CN(C(=O)O)CC[C@H]1c1cccc(-c2ccccc2)c1. The van der Waals surface area contributed by atoms with Gasteiger partial charge in [0.05, 0.1) is 0 Å². The lowest BCUT2D eigenvalue weighted by Gasteiger charge is -2.35. The Morgan fingerprint density at radius 1 is 1.09 bits per heavy atom. The third-order valence-corrected chi connectivity index (χ3v) is 4.35. The Balaban J connectivity index is 1.83. The van der Waals surface area contributed by atoms with E-state index in [-0.39, 0.29) is 12.0 Å². The molecule has 1 saturated heterocycles. The second-order valence-corrected chi connectivity index (χ2v) is 5.78. The van der Waals surface area contributed by atoms with Crippen LogP contribution in [0.3, 0.4) is 0 Å². The average molecular weight is 296 g/mol. The van der Waals surface area contributed by atoms with Gasteiger partial charge < -0.3 is 15.7 Å². The van der Waals surface area contributed by atoms with E-state index >= 15 is 0 Å². The Morgan fingerprint density at radius 2 is 1.82 bits per heavy atom. The van der Waals surface area contributed by atoms with Crippen LogP contribution in [-0.2, 0) is 0 Å². The summed E-state index contributed by atoms with van der Waals surface area (Å²) in [6, 6.07) is 18.5. The molecule has 0 saturated carbocycles. The maximum Gasteiger partial charge on any atom is 0.407 e. The van der Waals surface area contributed by atoms with E-state index in [1.807, 2.05) is 24.3 Å². The summed E-state index contributed by atoms with van der Waals surface area (Å²) in [6.45, 7) is 0.943. The van der Waals surface area contributed by atoms with Crippen molar-refractivity contribution in [2.75, 3.05) is 13.1 Å². The van der Waals surface area contributed by atoms with E-state index in [1.165, 1.54) is 21.6 Å². The van der Waals surface area contributed by atoms with Gasteiger partial charge in [-0.1, -0.05) is 54.6 Å². The van der Waals surface area contributed by atoms with Gasteiger partial charge in [0.1, 0.15) is 0 Å². The van der Waals surface area contributed by atoms with Crippen LogP contribution in [0, 0.1) is 0 Å². The number of hydrogen-bond acceptors (Lipinski definition) is 2. The average Bonchev–Trinajstić information content (AvgIpc) is 2.55. The van der Waals surface area contributed by atoms with Crippen molar-refractivity contribution in [3.8, 4) is 11.1 Å². The number of rotatable bonds is 2. The van der Waals surface area contributed by atoms with Crippen molar-refractivity contribution in [1.82, 2.24) is 4.90 Å². The van der Waals surface area contributed by atoms with Crippen LogP contribution in [0.25, 0.3) is 11.1 Å². The topological polar surface area (TPSA) is 66.6 Å². The van der Waals surface area contributed by atoms with Crippen molar-refractivity contribution in [3.05, 3.63) is 60.2 Å². The van der Waals surface area contributed by atoms with Gasteiger partial charge in [-0.15, -0.1) is 0 Å².